The van der Waals surface area contributed by atoms with E-state index >= 15 is 0 Å². The number of ether oxygens (including phenoxy) is 1. The van der Waals surface area contributed by atoms with Gasteiger partial charge in [0.1, 0.15) is 23.9 Å². The van der Waals surface area contributed by atoms with E-state index in [0.29, 0.717) is 34.0 Å². The van der Waals surface area contributed by atoms with Gasteiger partial charge in [-0.1, -0.05) is 0 Å². The number of rotatable bonds is 4. The molecular formula is C18H23Br2N3O5. The molecule has 3 amide bonds. The van der Waals surface area contributed by atoms with Crippen LogP contribution in [0, 0.1) is 0 Å². The summed E-state index contributed by atoms with van der Waals surface area (Å²) in [6.07, 6.45) is 0.545. The second-order valence-corrected chi connectivity index (χ2v) is 9.09. The number of likely N-dealkylation sites (tertiary alicyclic amines) is 1. The summed E-state index contributed by atoms with van der Waals surface area (Å²) < 4.78 is 5.96. The molecule has 0 unspecified atom stereocenters. The van der Waals surface area contributed by atoms with Gasteiger partial charge in [0.05, 0.1) is 8.95 Å². The Morgan fingerprint density at radius 2 is 1.86 bits per heavy atom. The zero-order valence-electron chi connectivity index (χ0n) is 15.8. The summed E-state index contributed by atoms with van der Waals surface area (Å²) in [5, 5.41) is 14.9. The first-order valence-corrected chi connectivity index (χ1v) is 10.3. The minimum Gasteiger partial charge on any atom is -0.506 e. The van der Waals surface area contributed by atoms with E-state index in [2.05, 4.69) is 42.5 Å². The van der Waals surface area contributed by atoms with Gasteiger partial charge in [-0.25, -0.2) is 4.79 Å². The first-order chi connectivity index (χ1) is 13.0. The number of nitrogens with one attached hydrogen (secondary N) is 2. The van der Waals surface area contributed by atoms with E-state index in [4.69, 9.17) is 4.74 Å². The van der Waals surface area contributed by atoms with Gasteiger partial charge in [0.2, 0.25) is 11.8 Å². The number of amides is 3. The van der Waals surface area contributed by atoms with Gasteiger partial charge in [-0.3, -0.25) is 9.59 Å². The van der Waals surface area contributed by atoms with Crippen molar-refractivity contribution in [3.05, 3.63) is 21.1 Å². The van der Waals surface area contributed by atoms with Crippen molar-refractivity contribution >= 4 is 55.5 Å². The maximum atomic E-state index is 12.7. The molecule has 1 fully saturated rings. The number of anilines is 1. The predicted octanol–water partition coefficient (Wildman–Crippen LogP) is 3.37. The van der Waals surface area contributed by atoms with Crippen LogP contribution in [0.3, 0.4) is 0 Å². The Morgan fingerprint density at radius 3 is 2.43 bits per heavy atom. The maximum Gasteiger partial charge on any atom is 0.408 e. The van der Waals surface area contributed by atoms with Gasteiger partial charge in [-0.2, -0.15) is 0 Å². The number of carbonyl (C=O) groups is 3. The monoisotopic (exact) mass is 519 g/mol. The highest BCUT2D eigenvalue weighted by Gasteiger charge is 2.34. The summed E-state index contributed by atoms with van der Waals surface area (Å²) in [6.45, 7) is 5.39. The summed E-state index contributed by atoms with van der Waals surface area (Å²) in [7, 11) is 0. The van der Waals surface area contributed by atoms with Crippen LogP contribution in [0.5, 0.6) is 5.75 Å². The molecule has 0 bridgehead atoms. The summed E-state index contributed by atoms with van der Waals surface area (Å²) in [5.41, 5.74) is -0.178. The topological polar surface area (TPSA) is 108 Å². The zero-order chi connectivity index (χ0) is 21.1. The van der Waals surface area contributed by atoms with E-state index in [9.17, 15) is 19.5 Å². The third kappa shape index (κ3) is 6.10. The van der Waals surface area contributed by atoms with Crippen molar-refractivity contribution in [1.29, 1.82) is 0 Å². The fraction of sp³-hybridized carbons (Fsp3) is 0.500. The van der Waals surface area contributed by atoms with Gasteiger partial charge >= 0.3 is 6.09 Å². The molecule has 2 rings (SSSR count). The van der Waals surface area contributed by atoms with Crippen molar-refractivity contribution in [2.24, 2.45) is 0 Å². The van der Waals surface area contributed by atoms with Crippen LogP contribution in [-0.4, -0.2) is 52.6 Å². The first kappa shape index (κ1) is 22.5. The molecule has 1 heterocycles. The fourth-order valence-electron chi connectivity index (χ4n) is 2.76. The largest absolute Gasteiger partial charge is 0.506 e. The normalized spacial score (nSPS) is 16.6. The van der Waals surface area contributed by atoms with Crippen LogP contribution >= 0.6 is 31.9 Å². The zero-order valence-corrected chi connectivity index (χ0v) is 19.0. The van der Waals surface area contributed by atoms with Crippen LogP contribution in [0.1, 0.15) is 33.6 Å². The molecule has 0 aliphatic carbocycles. The molecular weight excluding hydrogens is 498 g/mol. The molecule has 154 valence electrons. The number of phenolic OH excluding ortho intramolecular Hbond substituents is 1. The Hall–Kier alpha value is -1.81. The summed E-state index contributed by atoms with van der Waals surface area (Å²) in [4.78, 5) is 38.3. The van der Waals surface area contributed by atoms with Crippen molar-refractivity contribution in [3.63, 3.8) is 0 Å². The number of hydrogen-bond acceptors (Lipinski definition) is 5. The first-order valence-electron chi connectivity index (χ1n) is 8.73. The fourth-order valence-corrected chi connectivity index (χ4v) is 3.95. The number of nitrogens with zero attached hydrogens (tertiary/aromatic N) is 1. The van der Waals surface area contributed by atoms with Gasteiger partial charge in [0.25, 0.3) is 0 Å². The van der Waals surface area contributed by atoms with E-state index in [-0.39, 0.29) is 24.1 Å². The van der Waals surface area contributed by atoms with Gasteiger partial charge < -0.3 is 25.4 Å². The van der Waals surface area contributed by atoms with E-state index in [1.165, 1.54) is 4.90 Å². The molecule has 1 aliphatic rings. The number of aromatic hydroxyl groups is 1. The van der Waals surface area contributed by atoms with Crippen LogP contribution in [0.2, 0.25) is 0 Å². The van der Waals surface area contributed by atoms with Crippen LogP contribution < -0.4 is 10.6 Å². The molecule has 0 saturated carbocycles. The number of carbonyl (C=O) groups excluding carboxylic acids is 3. The lowest BCUT2D eigenvalue weighted by Crippen LogP contribution is -2.47. The van der Waals surface area contributed by atoms with E-state index < -0.39 is 17.7 Å². The molecule has 0 radical (unpaired) electrons. The molecule has 1 atom stereocenters. The van der Waals surface area contributed by atoms with Gasteiger partial charge in [-0.15, -0.1) is 0 Å². The second kappa shape index (κ2) is 9.13. The molecule has 0 spiro atoms. The lowest BCUT2D eigenvalue weighted by atomic mass is 10.2. The Balaban J connectivity index is 1.97. The highest BCUT2D eigenvalue weighted by atomic mass is 79.9. The summed E-state index contributed by atoms with van der Waals surface area (Å²) >= 11 is 6.42. The van der Waals surface area contributed by atoms with Gasteiger partial charge in [0.15, 0.2) is 0 Å². The minimum atomic E-state index is -0.681. The standard InChI is InChI=1S/C18H23Br2N3O5/c1-18(2,3)28-17(27)21-9-14(24)23-6-4-5-13(23)16(26)22-10-7-11(19)15(25)12(20)8-10/h7-8,13,25H,4-6,9H2,1-3H3,(H,21,27)(H,22,26)/t13-/m0/s1. The Bertz CT molecular complexity index is 756. The van der Waals surface area contributed by atoms with Crippen LogP contribution in [-0.2, 0) is 14.3 Å². The Kier molecular flexibility index (Phi) is 7.33. The molecule has 3 N–H and O–H groups in total. The Morgan fingerprint density at radius 1 is 1.25 bits per heavy atom. The molecule has 1 saturated heterocycles. The van der Waals surface area contributed by atoms with E-state index in [0.717, 1.165) is 0 Å². The quantitative estimate of drug-likeness (QED) is 0.527. The SMILES string of the molecule is CC(C)(C)OC(=O)NCC(=O)N1CCC[C@H]1C(=O)Nc1cc(Br)c(O)c(Br)c1. The van der Waals surface area contributed by atoms with Gasteiger partial charge in [-0.05, 0) is 77.6 Å². The van der Waals surface area contributed by atoms with Crippen LogP contribution in [0.15, 0.2) is 21.1 Å². The van der Waals surface area contributed by atoms with Crippen molar-refractivity contribution in [1.82, 2.24) is 10.2 Å². The third-order valence-electron chi connectivity index (χ3n) is 3.94. The average Bonchev–Trinajstić information content (AvgIpc) is 3.06. The number of hydrogen-bond donors (Lipinski definition) is 3. The lowest BCUT2D eigenvalue weighted by molar-refractivity contribution is -0.135. The number of halogens is 2. The van der Waals surface area contributed by atoms with Crippen molar-refractivity contribution in [3.8, 4) is 5.75 Å². The smallest absolute Gasteiger partial charge is 0.408 e. The molecule has 10 heteroatoms. The summed E-state index contributed by atoms with van der Waals surface area (Å²) in [5.74, 6) is -0.645. The average molecular weight is 521 g/mol. The molecule has 0 aromatic heterocycles. The van der Waals surface area contributed by atoms with E-state index in [1.54, 1.807) is 32.9 Å². The van der Waals surface area contributed by atoms with E-state index in [1.807, 2.05) is 0 Å². The predicted molar refractivity (Wildman–Crippen MR) is 111 cm³/mol. The molecule has 1 aliphatic heterocycles. The number of benzene rings is 1. The second-order valence-electron chi connectivity index (χ2n) is 7.38. The number of phenols is 1. The van der Waals surface area contributed by atoms with Crippen molar-refractivity contribution in [2.75, 3.05) is 18.4 Å². The van der Waals surface area contributed by atoms with Crippen molar-refractivity contribution < 1.29 is 24.2 Å². The third-order valence-corrected chi connectivity index (χ3v) is 5.15. The molecule has 1 aromatic rings. The Labute approximate surface area is 180 Å². The minimum absolute atomic E-state index is 0.0314. The van der Waals surface area contributed by atoms with Gasteiger partial charge in [0, 0.05) is 12.2 Å². The molecule has 28 heavy (non-hydrogen) atoms. The van der Waals surface area contributed by atoms with Crippen LogP contribution in [0.4, 0.5) is 10.5 Å². The maximum absolute atomic E-state index is 12.7. The highest BCUT2D eigenvalue weighted by molar-refractivity contribution is 9.11. The molecule has 1 aromatic carbocycles. The van der Waals surface area contributed by atoms with Crippen molar-refractivity contribution in [2.45, 2.75) is 45.3 Å². The van der Waals surface area contributed by atoms with Crippen LogP contribution in [0.25, 0.3) is 0 Å². The summed E-state index contributed by atoms with van der Waals surface area (Å²) in [6, 6.07) is 2.52. The lowest BCUT2D eigenvalue weighted by Gasteiger charge is -2.25. The highest BCUT2D eigenvalue weighted by Crippen LogP contribution is 2.35. The molecule has 8 nitrogen and oxygen atoms in total. The number of alkyl carbamates (subject to hydrolysis) is 1.